The molecule has 1 aromatic rings. The van der Waals surface area contributed by atoms with Crippen LogP contribution in [0.2, 0.25) is 0 Å². The van der Waals surface area contributed by atoms with Gasteiger partial charge in [0.2, 0.25) is 0 Å². The van der Waals surface area contributed by atoms with Crippen LogP contribution in [0.5, 0.6) is 5.75 Å². The van der Waals surface area contributed by atoms with Gasteiger partial charge < -0.3 is 61.6 Å². The summed E-state index contributed by atoms with van der Waals surface area (Å²) in [5.74, 6) is 0.405. The monoisotopic (exact) mass is 821 g/mol. The lowest BCUT2D eigenvalue weighted by molar-refractivity contribution is -0.384. The number of nitrogens with zero attached hydrogens (tertiary/aromatic N) is 1. The minimum Gasteiger partial charge on any atom is -0.491 e. The van der Waals surface area contributed by atoms with E-state index in [-0.39, 0.29) is 18.3 Å². The van der Waals surface area contributed by atoms with Crippen molar-refractivity contribution in [2.45, 2.75) is 58.3 Å². The van der Waals surface area contributed by atoms with Crippen LogP contribution in [0.1, 0.15) is 58.3 Å². The number of non-ortho nitro benzene ring substituents is 1. The lowest BCUT2D eigenvalue weighted by Gasteiger charge is -2.09. The highest BCUT2D eigenvalue weighted by Crippen LogP contribution is 2.17. The molecule has 0 amide bonds. The van der Waals surface area contributed by atoms with Gasteiger partial charge in [0.25, 0.3) is 5.69 Å². The van der Waals surface area contributed by atoms with Crippen molar-refractivity contribution in [3.63, 3.8) is 0 Å². The normalized spacial score (nSPS) is 11.3. The average Bonchev–Trinajstić information content (AvgIpc) is 3.21. The molecule has 17 nitrogen and oxygen atoms in total. The molecule has 0 aliphatic rings. The molecule has 0 saturated carbocycles. The van der Waals surface area contributed by atoms with Crippen LogP contribution < -0.4 is 4.74 Å². The van der Waals surface area contributed by atoms with Crippen molar-refractivity contribution < 1.29 is 71.3 Å². The smallest absolute Gasteiger partial charge is 0.305 e. The molecule has 1 aromatic carbocycles. The fourth-order valence-electron chi connectivity index (χ4n) is 4.70. The fourth-order valence-corrected chi connectivity index (χ4v) is 4.70. The third kappa shape index (κ3) is 38.7. The Morgan fingerprint density at radius 2 is 0.737 bits per heavy atom. The summed E-state index contributed by atoms with van der Waals surface area (Å²) in [6.07, 6.45) is 8.75. The lowest BCUT2D eigenvalue weighted by atomic mass is 10.1. The molecule has 0 N–H and O–H groups in total. The zero-order valence-electron chi connectivity index (χ0n) is 34.4. The number of unbranched alkanes of at least 4 members (excludes halogenated alkanes) is 6. The summed E-state index contributed by atoms with van der Waals surface area (Å²) in [5.41, 5.74) is 0.0227. The summed E-state index contributed by atoms with van der Waals surface area (Å²) < 4.78 is 70.8. The van der Waals surface area contributed by atoms with E-state index in [4.69, 9.17) is 61.6 Å². The second-order valence-corrected chi connectivity index (χ2v) is 12.4. The van der Waals surface area contributed by atoms with Gasteiger partial charge in [-0.2, -0.15) is 0 Å². The van der Waals surface area contributed by atoms with Crippen LogP contribution in [0, 0.1) is 10.1 Å². The van der Waals surface area contributed by atoms with Gasteiger partial charge in [-0.05, 0) is 18.6 Å². The number of hydrogen-bond acceptors (Lipinski definition) is 16. The number of carbonyl (C=O) groups is 1. The molecule has 332 valence electrons. The summed E-state index contributed by atoms with van der Waals surface area (Å²) in [4.78, 5) is 21.9. The molecule has 0 aromatic heterocycles. The number of nitro groups is 1. The van der Waals surface area contributed by atoms with E-state index < -0.39 is 4.92 Å². The maximum Gasteiger partial charge on any atom is 0.305 e. The van der Waals surface area contributed by atoms with Gasteiger partial charge in [0, 0.05) is 18.6 Å². The van der Waals surface area contributed by atoms with E-state index in [2.05, 4.69) is 6.92 Å². The zero-order chi connectivity index (χ0) is 41.0. The van der Waals surface area contributed by atoms with E-state index in [9.17, 15) is 14.9 Å². The SMILES string of the molecule is CCCCCCCCCC(=O)OCCOCCOCCOCCOCCOCCOCCOCCOCCOCCOCCOCCOc1ccc([N+](=O)[O-])cc1. The Labute approximate surface area is 339 Å². The fraction of sp³-hybridized carbons (Fsp3) is 0.825. The summed E-state index contributed by atoms with van der Waals surface area (Å²) in [6.45, 7) is 13.0. The molecule has 0 spiro atoms. The number of nitro benzene ring substituents is 1. The van der Waals surface area contributed by atoms with Crippen molar-refractivity contribution >= 4 is 11.7 Å². The van der Waals surface area contributed by atoms with Crippen LogP contribution >= 0.6 is 0 Å². The molecule has 0 aliphatic carbocycles. The molecule has 0 aliphatic heterocycles. The number of hydrogen-bond donors (Lipinski definition) is 0. The van der Waals surface area contributed by atoms with Crippen molar-refractivity contribution in [1.29, 1.82) is 0 Å². The Morgan fingerprint density at radius 3 is 1.07 bits per heavy atom. The molecule has 57 heavy (non-hydrogen) atoms. The third-order valence-electron chi connectivity index (χ3n) is 7.74. The minimum absolute atomic E-state index is 0.0227. The summed E-state index contributed by atoms with van der Waals surface area (Å²) in [5, 5.41) is 10.7. The highest BCUT2D eigenvalue weighted by molar-refractivity contribution is 5.69. The molecule has 17 heteroatoms. The number of ether oxygens (including phenoxy) is 13. The maximum absolute atomic E-state index is 11.7. The van der Waals surface area contributed by atoms with Crippen LogP contribution in [0.15, 0.2) is 24.3 Å². The topological polar surface area (TPSA) is 180 Å². The van der Waals surface area contributed by atoms with Gasteiger partial charge in [0.1, 0.15) is 19.0 Å². The molecule has 0 fully saturated rings. The average molecular weight is 822 g/mol. The first-order valence-corrected chi connectivity index (χ1v) is 20.5. The van der Waals surface area contributed by atoms with Crippen molar-refractivity contribution in [1.82, 2.24) is 0 Å². The molecule has 0 atom stereocenters. The molecule has 0 bridgehead atoms. The first kappa shape index (κ1) is 52.5. The number of benzene rings is 1. The van der Waals surface area contributed by atoms with E-state index in [1.807, 2.05) is 0 Å². The van der Waals surface area contributed by atoms with Crippen molar-refractivity contribution in [3.05, 3.63) is 34.4 Å². The molecule has 0 saturated heterocycles. The Morgan fingerprint density at radius 1 is 0.439 bits per heavy atom. The highest BCUT2D eigenvalue weighted by Gasteiger charge is 2.05. The Bertz CT molecular complexity index is 1010. The Hall–Kier alpha value is -2.55. The summed E-state index contributed by atoms with van der Waals surface area (Å²) in [7, 11) is 0. The van der Waals surface area contributed by atoms with Gasteiger partial charge in [0.15, 0.2) is 0 Å². The van der Waals surface area contributed by atoms with E-state index in [0.717, 1.165) is 12.8 Å². The van der Waals surface area contributed by atoms with E-state index in [0.29, 0.717) is 164 Å². The van der Waals surface area contributed by atoms with Crippen molar-refractivity contribution in [2.75, 3.05) is 159 Å². The highest BCUT2D eigenvalue weighted by atomic mass is 16.6. The van der Waals surface area contributed by atoms with Crippen LogP contribution in [0.3, 0.4) is 0 Å². The van der Waals surface area contributed by atoms with E-state index in [1.54, 1.807) is 12.1 Å². The molecule has 0 unspecified atom stereocenters. The van der Waals surface area contributed by atoms with Gasteiger partial charge >= 0.3 is 5.97 Å². The second kappa shape index (κ2) is 43.0. The lowest BCUT2D eigenvalue weighted by Crippen LogP contribution is -2.16. The van der Waals surface area contributed by atoms with Crippen molar-refractivity contribution in [3.8, 4) is 5.75 Å². The van der Waals surface area contributed by atoms with Gasteiger partial charge in [0.05, 0.1) is 150 Å². The van der Waals surface area contributed by atoms with Crippen LogP contribution in [0.4, 0.5) is 5.69 Å². The zero-order valence-corrected chi connectivity index (χ0v) is 34.4. The van der Waals surface area contributed by atoms with Gasteiger partial charge in [-0.1, -0.05) is 45.4 Å². The molecule has 1 rings (SSSR count). The van der Waals surface area contributed by atoms with E-state index in [1.165, 1.54) is 44.2 Å². The van der Waals surface area contributed by atoms with Gasteiger partial charge in [-0.15, -0.1) is 0 Å². The number of rotatable bonds is 46. The summed E-state index contributed by atoms with van der Waals surface area (Å²) >= 11 is 0. The largest absolute Gasteiger partial charge is 0.491 e. The van der Waals surface area contributed by atoms with Crippen LogP contribution in [0.25, 0.3) is 0 Å². The number of carbonyl (C=O) groups excluding carboxylic acids is 1. The molecular weight excluding hydrogens is 750 g/mol. The van der Waals surface area contributed by atoms with Gasteiger partial charge in [-0.3, -0.25) is 14.9 Å². The standard InChI is InChI=1S/C40H71NO16/c1-2-3-4-5-6-7-8-9-40(42)57-37-35-55-33-31-53-29-27-51-25-23-49-21-19-47-17-15-45-14-16-46-18-20-48-22-24-50-26-28-52-30-32-54-34-36-56-39-12-10-38(11-13-39)41(43)44/h10-13H,2-9,14-37H2,1H3. The van der Waals surface area contributed by atoms with Crippen LogP contribution in [-0.2, 0) is 61.6 Å². The quantitative estimate of drug-likeness (QED) is 0.0377. The molecule has 0 radical (unpaired) electrons. The first-order valence-electron chi connectivity index (χ1n) is 20.5. The summed E-state index contributed by atoms with van der Waals surface area (Å²) in [6, 6.07) is 5.90. The van der Waals surface area contributed by atoms with Crippen molar-refractivity contribution in [2.24, 2.45) is 0 Å². The van der Waals surface area contributed by atoms with E-state index >= 15 is 0 Å². The minimum atomic E-state index is -0.453. The Kier molecular flexibility index (Phi) is 39.6. The maximum atomic E-state index is 11.7. The molecular formula is C40H71NO16. The molecule has 0 heterocycles. The Balaban J connectivity index is 1.64. The van der Waals surface area contributed by atoms with Crippen LogP contribution in [-0.4, -0.2) is 169 Å². The second-order valence-electron chi connectivity index (χ2n) is 12.4. The number of esters is 1. The third-order valence-corrected chi connectivity index (χ3v) is 7.74. The van der Waals surface area contributed by atoms with Gasteiger partial charge in [-0.25, -0.2) is 0 Å². The predicted octanol–water partition coefficient (Wildman–Crippen LogP) is 4.84. The predicted molar refractivity (Wildman–Crippen MR) is 211 cm³/mol. The first-order chi connectivity index (χ1) is 28.1.